The second-order valence-corrected chi connectivity index (χ2v) is 2.74. The van der Waals surface area contributed by atoms with E-state index in [4.69, 9.17) is 15.2 Å². The molecule has 0 saturated heterocycles. The number of halogens is 2. The summed E-state index contributed by atoms with van der Waals surface area (Å²) in [5, 5.41) is 0. The van der Waals surface area contributed by atoms with E-state index in [0.29, 0.717) is 5.56 Å². The Morgan fingerprint density at radius 2 is 2.07 bits per heavy atom. The molecule has 0 spiro atoms. The van der Waals surface area contributed by atoms with Crippen LogP contribution < -0.4 is 15.2 Å². The summed E-state index contributed by atoms with van der Waals surface area (Å²) in [5.74, 6) is -0.0987. The summed E-state index contributed by atoms with van der Waals surface area (Å²) >= 11 is 0. The first kappa shape index (κ1) is 11.6. The van der Waals surface area contributed by atoms with E-state index < -0.39 is 6.43 Å². The van der Waals surface area contributed by atoms with Crippen LogP contribution in [0.1, 0.15) is 17.6 Å². The van der Waals surface area contributed by atoms with Crippen molar-refractivity contribution in [1.82, 2.24) is 4.98 Å². The van der Waals surface area contributed by atoms with Gasteiger partial charge in [0.1, 0.15) is 11.3 Å². The van der Waals surface area contributed by atoms with Gasteiger partial charge >= 0.3 is 0 Å². The van der Waals surface area contributed by atoms with Crippen LogP contribution in [0.15, 0.2) is 6.20 Å². The van der Waals surface area contributed by atoms with Gasteiger partial charge in [-0.15, -0.1) is 0 Å². The molecule has 2 N–H and O–H groups in total. The van der Waals surface area contributed by atoms with Gasteiger partial charge in [0.2, 0.25) is 5.88 Å². The Labute approximate surface area is 86.0 Å². The maximum atomic E-state index is 12.7. The first-order valence-corrected chi connectivity index (χ1v) is 4.23. The molecule has 1 aromatic heterocycles. The van der Waals surface area contributed by atoms with Crippen LogP contribution in [0.5, 0.6) is 11.6 Å². The third-order valence-corrected chi connectivity index (χ3v) is 1.94. The minimum Gasteiger partial charge on any atom is -0.496 e. The van der Waals surface area contributed by atoms with E-state index in [1.54, 1.807) is 0 Å². The highest BCUT2D eigenvalue weighted by Gasteiger charge is 2.23. The topological polar surface area (TPSA) is 57.4 Å². The van der Waals surface area contributed by atoms with E-state index in [2.05, 4.69) is 4.98 Å². The van der Waals surface area contributed by atoms with E-state index in [1.807, 2.05) is 0 Å². The van der Waals surface area contributed by atoms with Gasteiger partial charge in [0.25, 0.3) is 6.43 Å². The van der Waals surface area contributed by atoms with Crippen molar-refractivity contribution in [2.24, 2.45) is 5.73 Å². The molecule has 0 aromatic carbocycles. The molecule has 0 aliphatic rings. The first-order valence-electron chi connectivity index (χ1n) is 4.23. The molecule has 1 rings (SSSR count). The largest absolute Gasteiger partial charge is 0.496 e. The fourth-order valence-corrected chi connectivity index (χ4v) is 1.28. The van der Waals surface area contributed by atoms with Crippen molar-refractivity contribution in [1.29, 1.82) is 0 Å². The number of rotatable bonds is 4. The van der Waals surface area contributed by atoms with Crippen molar-refractivity contribution in [3.05, 3.63) is 17.3 Å². The Hall–Kier alpha value is -1.43. The fourth-order valence-electron chi connectivity index (χ4n) is 1.28. The van der Waals surface area contributed by atoms with E-state index >= 15 is 0 Å². The van der Waals surface area contributed by atoms with Crippen LogP contribution in [0.3, 0.4) is 0 Å². The highest BCUT2D eigenvalue weighted by Crippen LogP contribution is 2.37. The molecule has 0 aliphatic heterocycles. The highest BCUT2D eigenvalue weighted by atomic mass is 19.3. The number of ether oxygens (including phenoxy) is 2. The van der Waals surface area contributed by atoms with Gasteiger partial charge in [-0.05, 0) is 0 Å². The molecule has 1 heterocycles. The molecule has 0 atom stereocenters. The minimum absolute atomic E-state index is 0.0411. The number of hydrogen-bond acceptors (Lipinski definition) is 4. The van der Waals surface area contributed by atoms with E-state index in [-0.39, 0.29) is 23.7 Å². The van der Waals surface area contributed by atoms with E-state index in [1.165, 1.54) is 20.4 Å². The molecule has 0 fully saturated rings. The fraction of sp³-hybridized carbons (Fsp3) is 0.444. The van der Waals surface area contributed by atoms with Gasteiger partial charge in [0, 0.05) is 18.3 Å². The maximum Gasteiger partial charge on any atom is 0.272 e. The number of alkyl halides is 2. The van der Waals surface area contributed by atoms with Gasteiger partial charge in [0.15, 0.2) is 0 Å². The van der Waals surface area contributed by atoms with Gasteiger partial charge < -0.3 is 15.2 Å². The summed E-state index contributed by atoms with van der Waals surface area (Å²) in [6.07, 6.45) is -1.35. The number of nitrogens with two attached hydrogens (primary N) is 1. The monoisotopic (exact) mass is 218 g/mol. The number of hydrogen-bond donors (Lipinski definition) is 1. The first-order chi connectivity index (χ1) is 7.15. The zero-order valence-corrected chi connectivity index (χ0v) is 8.46. The zero-order valence-electron chi connectivity index (χ0n) is 8.46. The Kier molecular flexibility index (Phi) is 3.79. The molecule has 0 saturated carbocycles. The van der Waals surface area contributed by atoms with Crippen molar-refractivity contribution < 1.29 is 18.3 Å². The normalized spacial score (nSPS) is 10.5. The summed E-state index contributed by atoms with van der Waals surface area (Å²) in [5.41, 5.74) is 5.45. The maximum absolute atomic E-state index is 12.7. The Morgan fingerprint density at radius 1 is 1.40 bits per heavy atom. The van der Waals surface area contributed by atoms with Crippen molar-refractivity contribution in [3.63, 3.8) is 0 Å². The van der Waals surface area contributed by atoms with Crippen LogP contribution in [0.25, 0.3) is 0 Å². The molecular formula is C9H12F2N2O2. The lowest BCUT2D eigenvalue weighted by atomic mass is 10.1. The van der Waals surface area contributed by atoms with Crippen molar-refractivity contribution in [2.75, 3.05) is 14.2 Å². The number of aromatic nitrogens is 1. The average molecular weight is 218 g/mol. The number of methoxy groups -OCH3 is 2. The van der Waals surface area contributed by atoms with Crippen LogP contribution in [-0.4, -0.2) is 19.2 Å². The standard InChI is InChI=1S/C9H12F2N2O2/c1-14-7-5(3-12)4-13-9(15-2)6(7)8(10)11/h4,8H,3,12H2,1-2H3. The summed E-state index contributed by atoms with van der Waals surface area (Å²) in [7, 11) is 2.58. The van der Waals surface area contributed by atoms with Crippen LogP contribution in [-0.2, 0) is 6.54 Å². The second-order valence-electron chi connectivity index (χ2n) is 2.74. The molecule has 0 radical (unpaired) electrons. The molecule has 0 aliphatic carbocycles. The summed E-state index contributed by atoms with van der Waals surface area (Å²) in [6, 6.07) is 0. The van der Waals surface area contributed by atoms with Crippen LogP contribution in [0.2, 0.25) is 0 Å². The zero-order chi connectivity index (χ0) is 11.4. The second kappa shape index (κ2) is 4.88. The molecule has 6 heteroatoms. The van der Waals surface area contributed by atoms with Crippen LogP contribution >= 0.6 is 0 Å². The lowest BCUT2D eigenvalue weighted by Crippen LogP contribution is -2.06. The van der Waals surface area contributed by atoms with Crippen molar-refractivity contribution in [2.45, 2.75) is 13.0 Å². The minimum atomic E-state index is -2.71. The highest BCUT2D eigenvalue weighted by molar-refractivity contribution is 5.46. The Bertz CT molecular complexity index is 345. The van der Waals surface area contributed by atoms with Gasteiger partial charge in [-0.2, -0.15) is 0 Å². The predicted octanol–water partition coefficient (Wildman–Crippen LogP) is 1.50. The number of pyridine rings is 1. The molecule has 15 heavy (non-hydrogen) atoms. The molecule has 0 amide bonds. The molecule has 84 valence electrons. The Balaban J connectivity index is 3.37. The quantitative estimate of drug-likeness (QED) is 0.831. The molecular weight excluding hydrogens is 206 g/mol. The van der Waals surface area contributed by atoms with Crippen LogP contribution in [0, 0.1) is 0 Å². The van der Waals surface area contributed by atoms with Gasteiger partial charge in [-0.1, -0.05) is 0 Å². The van der Waals surface area contributed by atoms with Gasteiger partial charge in [-0.25, -0.2) is 13.8 Å². The van der Waals surface area contributed by atoms with Gasteiger partial charge in [-0.3, -0.25) is 0 Å². The third-order valence-electron chi connectivity index (χ3n) is 1.94. The summed E-state index contributed by atoms with van der Waals surface area (Å²) < 4.78 is 35.1. The third kappa shape index (κ3) is 2.15. The van der Waals surface area contributed by atoms with Crippen molar-refractivity contribution in [3.8, 4) is 11.6 Å². The molecule has 4 nitrogen and oxygen atoms in total. The van der Waals surface area contributed by atoms with Crippen LogP contribution in [0.4, 0.5) is 8.78 Å². The summed E-state index contributed by atoms with van der Waals surface area (Å²) in [6.45, 7) is 0.0832. The predicted molar refractivity (Wildman–Crippen MR) is 50.2 cm³/mol. The average Bonchev–Trinajstić information content (AvgIpc) is 2.26. The van der Waals surface area contributed by atoms with E-state index in [9.17, 15) is 8.78 Å². The van der Waals surface area contributed by atoms with Crippen molar-refractivity contribution >= 4 is 0 Å². The number of nitrogens with zero attached hydrogens (tertiary/aromatic N) is 1. The molecule has 0 bridgehead atoms. The van der Waals surface area contributed by atoms with E-state index in [0.717, 1.165) is 0 Å². The smallest absolute Gasteiger partial charge is 0.272 e. The summed E-state index contributed by atoms with van der Waals surface area (Å²) in [4.78, 5) is 3.74. The SMILES string of the molecule is COc1ncc(CN)c(OC)c1C(F)F. The Morgan fingerprint density at radius 3 is 2.47 bits per heavy atom. The molecule has 1 aromatic rings. The lowest BCUT2D eigenvalue weighted by Gasteiger charge is -2.14. The lowest BCUT2D eigenvalue weighted by molar-refractivity contribution is 0.141. The molecule has 0 unspecified atom stereocenters. The van der Waals surface area contributed by atoms with Gasteiger partial charge in [0.05, 0.1) is 14.2 Å².